The minimum atomic E-state index is -0.0626. The van der Waals surface area contributed by atoms with Crippen LogP contribution in [0, 0.1) is 6.92 Å². The van der Waals surface area contributed by atoms with E-state index in [1.54, 1.807) is 30.9 Å². The number of ether oxygens (including phenoxy) is 2. The fourth-order valence-electron chi connectivity index (χ4n) is 3.26. The summed E-state index contributed by atoms with van der Waals surface area (Å²) in [4.78, 5) is 22.5. The van der Waals surface area contributed by atoms with Crippen LogP contribution in [0.2, 0.25) is 0 Å². The quantitative estimate of drug-likeness (QED) is 0.342. The van der Waals surface area contributed by atoms with Gasteiger partial charge in [0.25, 0.3) is 5.91 Å². The average Bonchev–Trinajstić information content (AvgIpc) is 3.14. The third-order valence-corrected chi connectivity index (χ3v) is 7.16. The van der Waals surface area contributed by atoms with Gasteiger partial charge in [-0.1, -0.05) is 41.6 Å². The molecule has 174 valence electrons. The van der Waals surface area contributed by atoms with Crippen LogP contribution in [-0.2, 0) is 9.53 Å². The summed E-state index contributed by atoms with van der Waals surface area (Å²) in [5, 5.41) is 0.644. The largest absolute Gasteiger partial charge is 0.497 e. The average molecular weight is 491 g/mol. The van der Waals surface area contributed by atoms with E-state index in [-0.39, 0.29) is 5.91 Å². The molecule has 1 heterocycles. The molecule has 0 unspecified atom stereocenters. The fraction of sp³-hybridized carbons (Fsp3) is 0.185. The first kappa shape index (κ1) is 24.1. The molecule has 0 N–H and O–H groups in total. The van der Waals surface area contributed by atoms with E-state index in [0.29, 0.717) is 23.2 Å². The van der Waals surface area contributed by atoms with Gasteiger partial charge in [0.05, 0.1) is 30.9 Å². The molecule has 0 spiro atoms. The van der Waals surface area contributed by atoms with Gasteiger partial charge in [0.1, 0.15) is 5.75 Å². The number of carbonyl (C=O) groups is 1. The smallest absolute Gasteiger partial charge is 0.266 e. The minimum absolute atomic E-state index is 0.0626. The summed E-state index contributed by atoms with van der Waals surface area (Å²) in [5.41, 5.74) is 2.98. The number of hydrogen-bond acceptors (Lipinski definition) is 6. The van der Waals surface area contributed by atoms with E-state index < -0.39 is 0 Å². The first-order valence-electron chi connectivity index (χ1n) is 10.8. The van der Waals surface area contributed by atoms with E-state index >= 15 is 0 Å². The van der Waals surface area contributed by atoms with Gasteiger partial charge in [0, 0.05) is 16.9 Å². The zero-order valence-electron chi connectivity index (χ0n) is 19.4. The lowest BCUT2D eigenvalue weighted by Gasteiger charge is -2.14. The second-order valence-electron chi connectivity index (χ2n) is 7.64. The Kier molecular flexibility index (Phi) is 8.11. The van der Waals surface area contributed by atoms with E-state index in [4.69, 9.17) is 14.5 Å². The summed E-state index contributed by atoms with van der Waals surface area (Å²) in [6.07, 6.45) is 1.92. The van der Waals surface area contributed by atoms with E-state index in [2.05, 4.69) is 43.3 Å². The molecule has 3 aromatic rings. The Morgan fingerprint density at radius 3 is 2.21 bits per heavy atom. The summed E-state index contributed by atoms with van der Waals surface area (Å²) in [6, 6.07) is 24.2. The molecule has 4 rings (SSSR count). The first-order chi connectivity index (χ1) is 16.6. The Labute approximate surface area is 208 Å². The maximum absolute atomic E-state index is 13.1. The van der Waals surface area contributed by atoms with Crippen molar-refractivity contribution in [2.45, 2.75) is 16.7 Å². The lowest BCUT2D eigenvalue weighted by Crippen LogP contribution is -2.32. The number of amides is 1. The summed E-state index contributed by atoms with van der Waals surface area (Å²) in [6.45, 7) is 2.97. The van der Waals surface area contributed by atoms with Gasteiger partial charge in [-0.2, -0.15) is 0 Å². The molecule has 1 saturated heterocycles. The van der Waals surface area contributed by atoms with Gasteiger partial charge >= 0.3 is 0 Å². The van der Waals surface area contributed by atoms with E-state index in [9.17, 15) is 4.79 Å². The first-order valence-corrected chi connectivity index (χ1v) is 12.5. The highest BCUT2D eigenvalue weighted by atomic mass is 32.2. The summed E-state index contributed by atoms with van der Waals surface area (Å²) in [7, 11) is 3.25. The molecule has 0 atom stereocenters. The van der Waals surface area contributed by atoms with Crippen molar-refractivity contribution in [2.24, 2.45) is 4.99 Å². The Balaban J connectivity index is 1.52. The maximum atomic E-state index is 13.1. The lowest BCUT2D eigenvalue weighted by atomic mass is 10.2. The molecule has 1 fully saturated rings. The highest BCUT2D eigenvalue weighted by molar-refractivity contribution is 8.18. The van der Waals surface area contributed by atoms with Crippen molar-refractivity contribution in [1.82, 2.24) is 4.90 Å². The lowest BCUT2D eigenvalue weighted by molar-refractivity contribution is -0.122. The molecule has 5 nitrogen and oxygen atoms in total. The molecule has 7 heteroatoms. The van der Waals surface area contributed by atoms with Crippen molar-refractivity contribution < 1.29 is 14.3 Å². The number of hydrogen-bond donors (Lipinski definition) is 0. The predicted molar refractivity (Wildman–Crippen MR) is 141 cm³/mol. The van der Waals surface area contributed by atoms with Crippen molar-refractivity contribution in [3.8, 4) is 5.75 Å². The van der Waals surface area contributed by atoms with Gasteiger partial charge in [0.15, 0.2) is 5.17 Å². The van der Waals surface area contributed by atoms with Crippen LogP contribution in [0.15, 0.2) is 92.5 Å². The molecule has 1 amide bonds. The van der Waals surface area contributed by atoms with Crippen LogP contribution < -0.4 is 4.74 Å². The summed E-state index contributed by atoms with van der Waals surface area (Å²) in [5.74, 6) is 0.701. The number of nitrogens with zero attached hydrogens (tertiary/aromatic N) is 2. The number of carbonyl (C=O) groups excluding carboxylic acids is 1. The van der Waals surface area contributed by atoms with Crippen molar-refractivity contribution >= 4 is 46.4 Å². The Hall–Kier alpha value is -3.00. The SMILES string of the molecule is COCCN1C(=O)/C(=C/c2ccc(Sc3ccc(C)cc3)cc2)SC1=Nc1ccc(OC)cc1. The number of aliphatic imine (C=N–C) groups is 1. The van der Waals surface area contributed by atoms with Gasteiger partial charge in [0.2, 0.25) is 0 Å². The number of thioether (sulfide) groups is 1. The number of aryl methyl sites for hydroxylation is 1. The zero-order chi connectivity index (χ0) is 23.9. The Bertz CT molecular complexity index is 1190. The molecule has 1 aliphatic rings. The van der Waals surface area contributed by atoms with E-state index in [0.717, 1.165) is 21.9 Å². The van der Waals surface area contributed by atoms with Crippen LogP contribution in [0.3, 0.4) is 0 Å². The van der Waals surface area contributed by atoms with Crippen molar-refractivity contribution in [3.05, 3.63) is 88.8 Å². The van der Waals surface area contributed by atoms with Crippen LogP contribution in [0.5, 0.6) is 5.75 Å². The molecule has 34 heavy (non-hydrogen) atoms. The van der Waals surface area contributed by atoms with Crippen molar-refractivity contribution in [3.63, 3.8) is 0 Å². The van der Waals surface area contributed by atoms with Crippen LogP contribution in [0.4, 0.5) is 5.69 Å². The molecule has 0 aliphatic carbocycles. The third kappa shape index (κ3) is 6.11. The van der Waals surface area contributed by atoms with Crippen LogP contribution in [-0.4, -0.2) is 43.3 Å². The van der Waals surface area contributed by atoms with E-state index in [1.165, 1.54) is 22.2 Å². The van der Waals surface area contributed by atoms with Gasteiger partial charge < -0.3 is 9.47 Å². The zero-order valence-corrected chi connectivity index (χ0v) is 21.0. The fourth-order valence-corrected chi connectivity index (χ4v) is 5.11. The molecule has 0 aromatic heterocycles. The maximum Gasteiger partial charge on any atom is 0.266 e. The molecule has 0 saturated carbocycles. The van der Waals surface area contributed by atoms with Gasteiger partial charge in [-0.05, 0) is 78.9 Å². The van der Waals surface area contributed by atoms with Gasteiger partial charge in [-0.15, -0.1) is 0 Å². The molecule has 0 bridgehead atoms. The number of benzene rings is 3. The monoisotopic (exact) mass is 490 g/mol. The minimum Gasteiger partial charge on any atom is -0.497 e. The molecular formula is C27H26N2O3S2. The number of methoxy groups -OCH3 is 2. The Morgan fingerprint density at radius 1 is 0.941 bits per heavy atom. The van der Waals surface area contributed by atoms with Gasteiger partial charge in [-0.25, -0.2) is 4.99 Å². The molecule has 3 aromatic carbocycles. The number of amidine groups is 1. The topological polar surface area (TPSA) is 51.1 Å². The van der Waals surface area contributed by atoms with Crippen LogP contribution in [0.25, 0.3) is 6.08 Å². The molecule has 1 aliphatic heterocycles. The van der Waals surface area contributed by atoms with E-state index in [1.807, 2.05) is 42.5 Å². The standard InChI is InChI=1S/C27H26N2O3S2/c1-19-4-12-23(13-5-19)33-24-14-6-20(7-15-24)18-25-26(30)29(16-17-31-2)27(34-25)28-21-8-10-22(32-3)11-9-21/h4-15,18H,16-17H2,1-3H3/b25-18-,28-27?. The molecule has 0 radical (unpaired) electrons. The van der Waals surface area contributed by atoms with Crippen LogP contribution in [0.1, 0.15) is 11.1 Å². The normalized spacial score (nSPS) is 16.0. The summed E-state index contributed by atoms with van der Waals surface area (Å²) < 4.78 is 10.4. The van der Waals surface area contributed by atoms with Crippen molar-refractivity contribution in [2.75, 3.05) is 27.4 Å². The Morgan fingerprint density at radius 2 is 1.59 bits per heavy atom. The second-order valence-corrected chi connectivity index (χ2v) is 9.79. The van der Waals surface area contributed by atoms with Crippen molar-refractivity contribution in [1.29, 1.82) is 0 Å². The highest BCUT2D eigenvalue weighted by Gasteiger charge is 2.33. The summed E-state index contributed by atoms with van der Waals surface area (Å²) >= 11 is 3.10. The highest BCUT2D eigenvalue weighted by Crippen LogP contribution is 2.35. The predicted octanol–water partition coefficient (Wildman–Crippen LogP) is 6.41. The molecular weight excluding hydrogens is 464 g/mol. The van der Waals surface area contributed by atoms with Crippen LogP contribution >= 0.6 is 23.5 Å². The van der Waals surface area contributed by atoms with Gasteiger partial charge in [-0.3, -0.25) is 9.69 Å². The number of rotatable bonds is 8. The second kappa shape index (κ2) is 11.4. The third-order valence-electron chi connectivity index (χ3n) is 5.14.